The first-order valence-corrected chi connectivity index (χ1v) is 14.5. The summed E-state index contributed by atoms with van der Waals surface area (Å²) in [4.78, 5) is 43.3. The molecule has 0 unspecified atom stereocenters. The van der Waals surface area contributed by atoms with Crippen molar-refractivity contribution in [2.45, 2.75) is 51.4 Å². The van der Waals surface area contributed by atoms with Gasteiger partial charge < -0.3 is 29.2 Å². The zero-order valence-electron chi connectivity index (χ0n) is 24.8. The molecule has 12 heteroatoms. The van der Waals surface area contributed by atoms with Crippen molar-refractivity contribution in [2.24, 2.45) is 0 Å². The van der Waals surface area contributed by atoms with Crippen LogP contribution in [0.2, 0.25) is 0 Å². The monoisotopic (exact) mass is 590 g/mol. The summed E-state index contributed by atoms with van der Waals surface area (Å²) in [5.74, 6) is 1.11. The molecule has 43 heavy (non-hydrogen) atoms. The van der Waals surface area contributed by atoms with Gasteiger partial charge in [0.25, 0.3) is 0 Å². The third-order valence-electron chi connectivity index (χ3n) is 7.47. The van der Waals surface area contributed by atoms with E-state index in [-0.39, 0.29) is 30.4 Å². The number of anilines is 1. The number of carbonyl (C=O) groups excluding carboxylic acids is 2. The van der Waals surface area contributed by atoms with Gasteiger partial charge in [-0.3, -0.25) is 19.5 Å². The number of benzene rings is 1. The predicted molar refractivity (Wildman–Crippen MR) is 158 cm³/mol. The van der Waals surface area contributed by atoms with Crippen molar-refractivity contribution in [3.05, 3.63) is 65.7 Å². The lowest BCUT2D eigenvalue weighted by Gasteiger charge is -2.38. The fourth-order valence-corrected chi connectivity index (χ4v) is 5.18. The number of pyridine rings is 1. The van der Waals surface area contributed by atoms with Crippen LogP contribution in [0.15, 0.2) is 48.9 Å². The Bertz CT molecular complexity index is 1400. The molecule has 0 radical (unpaired) electrons. The quantitative estimate of drug-likeness (QED) is 0.280. The van der Waals surface area contributed by atoms with Crippen LogP contribution in [0.25, 0.3) is 0 Å². The number of piperazine rings is 1. The summed E-state index contributed by atoms with van der Waals surface area (Å²) < 4.78 is 22.4. The molecule has 2 fully saturated rings. The van der Waals surface area contributed by atoms with Crippen molar-refractivity contribution >= 4 is 17.5 Å². The lowest BCUT2D eigenvalue weighted by atomic mass is 10.1. The van der Waals surface area contributed by atoms with E-state index in [9.17, 15) is 9.59 Å². The number of rotatable bonds is 14. The maximum atomic E-state index is 14.0. The lowest BCUT2D eigenvalue weighted by Crippen LogP contribution is -2.61. The molecular weight excluding hydrogens is 552 g/mol. The van der Waals surface area contributed by atoms with Crippen LogP contribution in [-0.2, 0) is 27.5 Å². The van der Waals surface area contributed by atoms with Crippen molar-refractivity contribution in [1.82, 2.24) is 25.2 Å². The molecule has 2 aromatic heterocycles. The van der Waals surface area contributed by atoms with E-state index in [0.29, 0.717) is 50.8 Å². The fraction of sp³-hybridized carbons (Fsp3) is 0.452. The molecule has 1 aliphatic carbocycles. The first-order valence-electron chi connectivity index (χ1n) is 14.5. The van der Waals surface area contributed by atoms with Crippen LogP contribution < -0.4 is 24.4 Å². The van der Waals surface area contributed by atoms with E-state index in [1.165, 1.54) is 17.3 Å². The number of aromatic nitrogens is 3. The Morgan fingerprint density at radius 2 is 1.84 bits per heavy atom. The largest absolute Gasteiger partial charge is 0.496 e. The van der Waals surface area contributed by atoms with Crippen LogP contribution in [0.1, 0.15) is 36.1 Å². The molecule has 2 amide bonds. The molecule has 3 aromatic rings. The highest BCUT2D eigenvalue weighted by atomic mass is 16.5. The second-order valence-electron chi connectivity index (χ2n) is 10.5. The summed E-state index contributed by atoms with van der Waals surface area (Å²) in [7, 11) is 3.24. The van der Waals surface area contributed by atoms with E-state index in [1.807, 2.05) is 42.2 Å². The van der Waals surface area contributed by atoms with Gasteiger partial charge in [0.15, 0.2) is 0 Å². The molecule has 1 saturated heterocycles. The van der Waals surface area contributed by atoms with E-state index < -0.39 is 6.04 Å². The minimum absolute atomic E-state index is 0.121. The normalized spacial score (nSPS) is 16.6. The topological polar surface area (TPSA) is 128 Å². The first-order chi connectivity index (χ1) is 21.0. The minimum Gasteiger partial charge on any atom is -0.496 e. The fourth-order valence-electron chi connectivity index (χ4n) is 5.18. The van der Waals surface area contributed by atoms with Crippen LogP contribution in [-0.4, -0.2) is 84.3 Å². The molecule has 0 bridgehead atoms. The van der Waals surface area contributed by atoms with E-state index in [4.69, 9.17) is 18.9 Å². The number of para-hydroxylation sites is 1. The van der Waals surface area contributed by atoms with Crippen molar-refractivity contribution in [1.29, 1.82) is 0 Å². The van der Waals surface area contributed by atoms with Gasteiger partial charge in [-0.25, -0.2) is 9.97 Å². The number of carbonyl (C=O) groups is 2. The number of aryl methyl sites for hydroxylation is 1. The van der Waals surface area contributed by atoms with Crippen molar-refractivity contribution in [2.75, 3.05) is 45.4 Å². The number of methoxy groups -OCH3 is 2. The van der Waals surface area contributed by atoms with Crippen molar-refractivity contribution in [3.63, 3.8) is 0 Å². The highest BCUT2D eigenvalue weighted by molar-refractivity contribution is 6.02. The number of hydrogen-bond donors (Lipinski definition) is 1. The van der Waals surface area contributed by atoms with Crippen LogP contribution in [0, 0.1) is 6.92 Å². The van der Waals surface area contributed by atoms with Gasteiger partial charge in [-0.2, -0.15) is 0 Å². The number of nitrogens with zero attached hydrogens (tertiary/aromatic N) is 5. The van der Waals surface area contributed by atoms with Gasteiger partial charge in [-0.1, -0.05) is 18.2 Å². The Morgan fingerprint density at radius 3 is 2.58 bits per heavy atom. The van der Waals surface area contributed by atoms with Crippen LogP contribution in [0.5, 0.6) is 17.5 Å². The van der Waals surface area contributed by atoms with Crippen molar-refractivity contribution < 1.29 is 28.5 Å². The zero-order valence-corrected chi connectivity index (χ0v) is 24.8. The van der Waals surface area contributed by atoms with Crippen molar-refractivity contribution in [3.8, 4) is 17.5 Å². The van der Waals surface area contributed by atoms with Gasteiger partial charge in [-0.15, -0.1) is 0 Å². The molecule has 1 aliphatic heterocycles. The third kappa shape index (κ3) is 7.38. The maximum absolute atomic E-state index is 14.0. The SMILES string of the molecule is COc1ccccc1COCCCOc1ncc(N2C(=O)CNC[C@@H]2C(=O)N(Cc2ccnc(C)c2OC)C2CC2)cn1. The molecule has 3 heterocycles. The summed E-state index contributed by atoms with van der Waals surface area (Å²) in [6.45, 7) is 4.01. The van der Waals surface area contributed by atoms with Gasteiger partial charge in [0.1, 0.15) is 17.5 Å². The van der Waals surface area contributed by atoms with Gasteiger partial charge in [0.05, 0.1) is 64.4 Å². The minimum atomic E-state index is -0.730. The molecular formula is C31H38N6O6. The molecule has 1 atom stereocenters. The average molecular weight is 591 g/mol. The average Bonchev–Trinajstić information content (AvgIpc) is 3.87. The van der Waals surface area contributed by atoms with Gasteiger partial charge in [-0.05, 0) is 31.9 Å². The van der Waals surface area contributed by atoms with E-state index in [0.717, 1.165) is 35.4 Å². The van der Waals surface area contributed by atoms with Gasteiger partial charge in [0, 0.05) is 42.9 Å². The second-order valence-corrected chi connectivity index (χ2v) is 10.5. The summed E-state index contributed by atoms with van der Waals surface area (Å²) in [6, 6.07) is 9.19. The molecule has 2 aliphatic rings. The molecule has 1 aromatic carbocycles. The second kappa shape index (κ2) is 14.3. The number of amides is 2. The summed E-state index contributed by atoms with van der Waals surface area (Å²) in [5.41, 5.74) is 3.08. The highest BCUT2D eigenvalue weighted by Crippen LogP contribution is 2.33. The van der Waals surface area contributed by atoms with Crippen LogP contribution >= 0.6 is 0 Å². The highest BCUT2D eigenvalue weighted by Gasteiger charge is 2.42. The molecule has 1 N–H and O–H groups in total. The van der Waals surface area contributed by atoms with Crippen LogP contribution in [0.3, 0.4) is 0 Å². The summed E-state index contributed by atoms with van der Waals surface area (Å²) in [5, 5.41) is 3.09. The molecule has 12 nitrogen and oxygen atoms in total. The Morgan fingerprint density at radius 1 is 1.05 bits per heavy atom. The van der Waals surface area contributed by atoms with E-state index in [1.54, 1.807) is 20.4 Å². The smallest absolute Gasteiger partial charge is 0.316 e. The summed E-state index contributed by atoms with van der Waals surface area (Å²) >= 11 is 0. The first kappa shape index (κ1) is 30.2. The number of ether oxygens (including phenoxy) is 4. The van der Waals surface area contributed by atoms with Gasteiger partial charge in [0.2, 0.25) is 11.8 Å². The Kier molecular flexibility index (Phi) is 10.0. The van der Waals surface area contributed by atoms with E-state index in [2.05, 4.69) is 20.3 Å². The zero-order chi connectivity index (χ0) is 30.2. The molecule has 0 spiro atoms. The van der Waals surface area contributed by atoms with Gasteiger partial charge >= 0.3 is 6.01 Å². The van der Waals surface area contributed by atoms with E-state index >= 15 is 0 Å². The molecule has 228 valence electrons. The summed E-state index contributed by atoms with van der Waals surface area (Å²) in [6.07, 6.45) is 7.27. The third-order valence-corrected chi connectivity index (χ3v) is 7.47. The Hall–Kier alpha value is -4.29. The number of nitrogens with one attached hydrogen (secondary N) is 1. The number of hydrogen-bond acceptors (Lipinski definition) is 10. The predicted octanol–water partition coefficient (Wildman–Crippen LogP) is 2.68. The Labute approximate surface area is 251 Å². The molecule has 5 rings (SSSR count). The molecule has 1 saturated carbocycles. The maximum Gasteiger partial charge on any atom is 0.316 e. The standard InChI is InChI=1S/C31H38N6O6/c1-21-29(41-3)22(11-12-33-21)19-36(24-9-10-24)30(39)26-17-32-18-28(38)37(26)25-15-34-31(35-16-25)43-14-6-13-42-20-23-7-4-5-8-27(23)40-2/h4-5,7-8,11-12,15-16,24,26,32H,6,9-10,13-14,17-20H2,1-3H3/t26-/m1/s1. The van der Waals surface area contributed by atoms with Crippen LogP contribution in [0.4, 0.5) is 5.69 Å². The Balaban J connectivity index is 1.18. The lowest BCUT2D eigenvalue weighted by molar-refractivity contribution is -0.136.